The molecule has 0 heterocycles. The van der Waals surface area contributed by atoms with Crippen LogP contribution in [-0.2, 0) is 0 Å². The molecule has 0 aliphatic heterocycles. The third-order valence-electron chi connectivity index (χ3n) is 1.68. The van der Waals surface area contributed by atoms with E-state index in [1.54, 1.807) is 0 Å². The molecule has 0 aromatic carbocycles. The van der Waals surface area contributed by atoms with E-state index in [9.17, 15) is 0 Å². The summed E-state index contributed by atoms with van der Waals surface area (Å²) in [6.45, 7) is 12.2. The molecule has 1 heteroatoms. The minimum Gasteiger partial charge on any atom is -0.328 e. The van der Waals surface area contributed by atoms with E-state index in [4.69, 9.17) is 5.73 Å². The van der Waals surface area contributed by atoms with Gasteiger partial charge in [0.2, 0.25) is 0 Å². The van der Waals surface area contributed by atoms with Gasteiger partial charge in [0, 0.05) is 6.04 Å². The smallest absolute Gasteiger partial charge is 0.00104 e. The maximum atomic E-state index is 5.62. The van der Waals surface area contributed by atoms with E-state index >= 15 is 0 Å². The number of rotatable bonds is 6. The van der Waals surface area contributed by atoms with Crippen LogP contribution in [0.15, 0.2) is 12.2 Å². The van der Waals surface area contributed by atoms with Crippen LogP contribution in [0.1, 0.15) is 73.6 Å². The Labute approximate surface area is 98.1 Å². The predicted octanol–water partition coefficient (Wildman–Crippen LogP) is 4.91. The fourth-order valence-corrected chi connectivity index (χ4v) is 1.01. The van der Waals surface area contributed by atoms with Gasteiger partial charge in [-0.3, -0.25) is 0 Å². The molecule has 2 N–H and O–H groups in total. The van der Waals surface area contributed by atoms with Crippen LogP contribution in [0.3, 0.4) is 0 Å². The molecule has 0 aliphatic rings. The second kappa shape index (κ2) is 23.5. The van der Waals surface area contributed by atoms with Gasteiger partial charge in [-0.2, -0.15) is 0 Å². The molecule has 0 fully saturated rings. The van der Waals surface area contributed by atoms with Gasteiger partial charge in [-0.15, -0.1) is 0 Å². The molecule has 0 aromatic heterocycles. The summed E-state index contributed by atoms with van der Waals surface area (Å²) in [7, 11) is 0. The normalized spacial score (nSPS) is 11.1. The first-order valence-electron chi connectivity index (χ1n) is 6.68. The van der Waals surface area contributed by atoms with Crippen molar-refractivity contribution in [3.8, 4) is 0 Å². The van der Waals surface area contributed by atoms with Gasteiger partial charge in [0.05, 0.1) is 0 Å². The first-order chi connectivity index (χ1) is 7.27. The fourth-order valence-electron chi connectivity index (χ4n) is 1.01. The summed E-state index contributed by atoms with van der Waals surface area (Å²) in [5, 5.41) is 0. The topological polar surface area (TPSA) is 26.0 Å². The van der Waals surface area contributed by atoms with E-state index in [-0.39, 0.29) is 0 Å². The first kappa shape index (κ1) is 20.2. The van der Waals surface area contributed by atoms with E-state index in [2.05, 4.69) is 26.0 Å². The second-order valence-electron chi connectivity index (χ2n) is 3.14. The van der Waals surface area contributed by atoms with Gasteiger partial charge in [-0.25, -0.2) is 0 Å². The molecule has 0 saturated heterocycles. The highest BCUT2D eigenvalue weighted by Crippen LogP contribution is 2.02. The van der Waals surface area contributed by atoms with E-state index < -0.39 is 0 Å². The monoisotopic (exact) mass is 215 g/mol. The van der Waals surface area contributed by atoms with E-state index in [0.29, 0.717) is 6.04 Å². The molecule has 0 aliphatic carbocycles. The lowest BCUT2D eigenvalue weighted by Crippen LogP contribution is -2.13. The molecule has 1 atom stereocenters. The van der Waals surface area contributed by atoms with E-state index in [1.165, 1.54) is 25.7 Å². The summed E-state index contributed by atoms with van der Waals surface area (Å²) in [5.74, 6) is 0. The number of hydrogen-bond donors (Lipinski definition) is 1. The maximum absolute atomic E-state index is 5.62. The molecule has 1 nitrogen and oxygen atoms in total. The van der Waals surface area contributed by atoms with Crippen molar-refractivity contribution in [3.63, 3.8) is 0 Å². The van der Waals surface area contributed by atoms with Crippen molar-refractivity contribution >= 4 is 0 Å². The van der Waals surface area contributed by atoms with Gasteiger partial charge < -0.3 is 5.73 Å². The highest BCUT2D eigenvalue weighted by atomic mass is 14.6. The Kier molecular flexibility index (Phi) is 31.6. The molecular formula is C14H33N. The standard InChI is InChI=1S/C10H21N.2C2H6/c1-3-4-5-6-7-8-9-10(2)11;2*1-2/h4-5,10H,3,6-9,11H2,1-2H3;2*1-2H3/b5-4-;;. The highest BCUT2D eigenvalue weighted by Gasteiger charge is 1.91. The third kappa shape index (κ3) is 31.6. The quantitative estimate of drug-likeness (QED) is 0.494. The summed E-state index contributed by atoms with van der Waals surface area (Å²) in [6, 6.07) is 0.380. The zero-order chi connectivity index (χ0) is 12.5. The van der Waals surface area contributed by atoms with Crippen molar-refractivity contribution in [1.29, 1.82) is 0 Å². The Bertz CT molecular complexity index is 95.5. The Morgan fingerprint density at radius 1 is 1.00 bits per heavy atom. The minimum absolute atomic E-state index is 0.380. The van der Waals surface area contributed by atoms with Gasteiger partial charge in [-0.1, -0.05) is 53.2 Å². The second-order valence-corrected chi connectivity index (χ2v) is 3.14. The van der Waals surface area contributed by atoms with Crippen LogP contribution in [0.4, 0.5) is 0 Å². The molecule has 94 valence electrons. The highest BCUT2D eigenvalue weighted by molar-refractivity contribution is 4.79. The summed E-state index contributed by atoms with van der Waals surface area (Å²) in [4.78, 5) is 0. The lowest BCUT2D eigenvalue weighted by atomic mass is 10.1. The van der Waals surface area contributed by atoms with Crippen LogP contribution in [-0.4, -0.2) is 6.04 Å². The number of hydrogen-bond acceptors (Lipinski definition) is 1. The molecule has 0 rings (SSSR count). The van der Waals surface area contributed by atoms with Crippen molar-refractivity contribution in [2.45, 2.75) is 79.7 Å². The van der Waals surface area contributed by atoms with Crippen LogP contribution in [0.5, 0.6) is 0 Å². The fraction of sp³-hybridized carbons (Fsp3) is 0.857. The van der Waals surface area contributed by atoms with Crippen molar-refractivity contribution < 1.29 is 0 Å². The number of nitrogens with two attached hydrogens (primary N) is 1. The minimum atomic E-state index is 0.380. The molecule has 0 bridgehead atoms. The SMILES string of the molecule is CC.CC.CC/C=C\CCCCC(C)N. The van der Waals surface area contributed by atoms with Crippen LogP contribution < -0.4 is 5.73 Å². The lowest BCUT2D eigenvalue weighted by Gasteiger charge is -2.01. The average molecular weight is 215 g/mol. The van der Waals surface area contributed by atoms with Gasteiger partial charge in [0.25, 0.3) is 0 Å². The zero-order valence-electron chi connectivity index (χ0n) is 11.8. The van der Waals surface area contributed by atoms with Crippen LogP contribution in [0, 0.1) is 0 Å². The van der Waals surface area contributed by atoms with Gasteiger partial charge in [0.1, 0.15) is 0 Å². The largest absolute Gasteiger partial charge is 0.328 e. The summed E-state index contributed by atoms with van der Waals surface area (Å²) < 4.78 is 0. The van der Waals surface area contributed by atoms with E-state index in [1.807, 2.05) is 27.7 Å². The van der Waals surface area contributed by atoms with Crippen molar-refractivity contribution in [2.75, 3.05) is 0 Å². The molecular weight excluding hydrogens is 182 g/mol. The molecule has 1 unspecified atom stereocenters. The Balaban J connectivity index is -0.000000318. The molecule has 15 heavy (non-hydrogen) atoms. The molecule has 0 amide bonds. The number of unbranched alkanes of at least 4 members (excludes halogenated alkanes) is 2. The molecule has 0 radical (unpaired) electrons. The van der Waals surface area contributed by atoms with Gasteiger partial charge >= 0.3 is 0 Å². The Morgan fingerprint density at radius 2 is 1.53 bits per heavy atom. The third-order valence-corrected chi connectivity index (χ3v) is 1.68. The lowest BCUT2D eigenvalue weighted by molar-refractivity contribution is 0.601. The summed E-state index contributed by atoms with van der Waals surface area (Å²) in [5.41, 5.74) is 5.62. The predicted molar refractivity (Wildman–Crippen MR) is 74.2 cm³/mol. The average Bonchev–Trinajstić information content (AvgIpc) is 2.28. The van der Waals surface area contributed by atoms with Crippen molar-refractivity contribution in [3.05, 3.63) is 12.2 Å². The molecule has 0 aromatic rings. The maximum Gasteiger partial charge on any atom is 0.00104 e. The first-order valence-corrected chi connectivity index (χ1v) is 6.68. The van der Waals surface area contributed by atoms with Gasteiger partial charge in [0.15, 0.2) is 0 Å². The van der Waals surface area contributed by atoms with Crippen LogP contribution in [0.25, 0.3) is 0 Å². The van der Waals surface area contributed by atoms with Gasteiger partial charge in [-0.05, 0) is 32.6 Å². The van der Waals surface area contributed by atoms with Crippen molar-refractivity contribution in [2.24, 2.45) is 5.73 Å². The van der Waals surface area contributed by atoms with Crippen LogP contribution >= 0.6 is 0 Å². The Morgan fingerprint density at radius 3 is 1.93 bits per heavy atom. The van der Waals surface area contributed by atoms with Crippen molar-refractivity contribution in [1.82, 2.24) is 0 Å². The van der Waals surface area contributed by atoms with Crippen LogP contribution in [0.2, 0.25) is 0 Å². The molecule has 0 saturated carbocycles. The summed E-state index contributed by atoms with van der Waals surface area (Å²) >= 11 is 0. The zero-order valence-corrected chi connectivity index (χ0v) is 11.8. The molecule has 0 spiro atoms. The van der Waals surface area contributed by atoms with E-state index in [0.717, 1.165) is 6.42 Å². The Hall–Kier alpha value is -0.300. The number of allylic oxidation sites excluding steroid dienone is 2. The summed E-state index contributed by atoms with van der Waals surface area (Å²) in [6.07, 6.45) is 10.6.